The number of carbonyl (C=O) groups excluding carboxylic acids is 1. The summed E-state index contributed by atoms with van der Waals surface area (Å²) in [6.45, 7) is 5.54. The van der Waals surface area contributed by atoms with Crippen molar-refractivity contribution in [3.63, 3.8) is 0 Å². The molecule has 0 spiro atoms. The molecule has 2 heterocycles. The molecule has 0 saturated carbocycles. The SMILES string of the molecule is CC(=O)N1CCN(c2cccc(CS(=O)(=O)C=C3CN(C(c4ccc(Cl)cc4)c4ccc(Cl)cc4)C3)c2)CC1. The summed E-state index contributed by atoms with van der Waals surface area (Å²) < 4.78 is 26.2. The van der Waals surface area contributed by atoms with Gasteiger partial charge in [0, 0.05) is 67.3 Å². The van der Waals surface area contributed by atoms with Gasteiger partial charge in [0.25, 0.3) is 0 Å². The van der Waals surface area contributed by atoms with E-state index in [1.165, 1.54) is 5.41 Å². The third-order valence-corrected chi connectivity index (χ3v) is 9.20. The summed E-state index contributed by atoms with van der Waals surface area (Å²) in [5.74, 6) is 0.0416. The van der Waals surface area contributed by atoms with Gasteiger partial charge in [0.1, 0.15) is 0 Å². The number of rotatable bonds is 7. The first kappa shape index (κ1) is 27.7. The Kier molecular flexibility index (Phi) is 8.33. The third kappa shape index (κ3) is 6.84. The zero-order valence-electron chi connectivity index (χ0n) is 21.8. The molecule has 3 aromatic carbocycles. The summed E-state index contributed by atoms with van der Waals surface area (Å²) in [7, 11) is -3.45. The van der Waals surface area contributed by atoms with Crippen molar-refractivity contribution in [2.45, 2.75) is 18.7 Å². The van der Waals surface area contributed by atoms with Crippen LogP contribution in [0.1, 0.15) is 29.7 Å². The number of likely N-dealkylation sites (tertiary alicyclic amines) is 1. The molecule has 0 N–H and O–H groups in total. The van der Waals surface area contributed by atoms with Crippen molar-refractivity contribution >= 4 is 44.6 Å². The number of anilines is 1. The molecule has 0 atom stereocenters. The lowest BCUT2D eigenvalue weighted by atomic mass is 9.93. The van der Waals surface area contributed by atoms with E-state index in [0.29, 0.717) is 36.2 Å². The quantitative estimate of drug-likeness (QED) is 0.364. The molecule has 0 aliphatic carbocycles. The molecule has 2 fully saturated rings. The minimum Gasteiger partial charge on any atom is -0.368 e. The minimum atomic E-state index is -3.45. The number of amides is 1. The molecular formula is C30H31Cl2N3O3S. The Bertz CT molecular complexity index is 1410. The Labute approximate surface area is 240 Å². The predicted octanol–water partition coefficient (Wildman–Crippen LogP) is 5.57. The smallest absolute Gasteiger partial charge is 0.219 e. The molecule has 1 amide bonds. The number of carbonyl (C=O) groups is 1. The standard InChI is InChI=1S/C30H31Cl2N3O3S/c1-22(36)33-13-15-34(16-14-33)29-4-2-3-23(17-29)20-39(37,38)21-24-18-35(19-24)30(25-5-9-27(31)10-6-25)26-7-11-28(32)12-8-26/h2-12,17,21,30H,13-16,18-20H2,1H3. The second-order valence-electron chi connectivity index (χ2n) is 10.2. The molecule has 39 heavy (non-hydrogen) atoms. The molecule has 0 radical (unpaired) electrons. The van der Waals surface area contributed by atoms with Gasteiger partial charge in [0.05, 0.1) is 11.8 Å². The second-order valence-corrected chi connectivity index (χ2v) is 12.9. The Morgan fingerprint density at radius 3 is 1.97 bits per heavy atom. The van der Waals surface area contributed by atoms with Gasteiger partial charge in [0.15, 0.2) is 9.84 Å². The molecule has 204 valence electrons. The van der Waals surface area contributed by atoms with Gasteiger partial charge in [0.2, 0.25) is 5.91 Å². The van der Waals surface area contributed by atoms with Crippen molar-refractivity contribution in [3.05, 3.63) is 111 Å². The van der Waals surface area contributed by atoms with E-state index in [1.807, 2.05) is 77.7 Å². The Hall–Kier alpha value is -2.84. The van der Waals surface area contributed by atoms with E-state index in [0.717, 1.165) is 41.0 Å². The van der Waals surface area contributed by atoms with Gasteiger partial charge < -0.3 is 9.80 Å². The number of halogens is 2. The molecule has 2 saturated heterocycles. The molecule has 6 nitrogen and oxygen atoms in total. The van der Waals surface area contributed by atoms with Crippen molar-refractivity contribution in [1.29, 1.82) is 0 Å². The Morgan fingerprint density at radius 2 is 1.44 bits per heavy atom. The highest BCUT2D eigenvalue weighted by molar-refractivity contribution is 7.93. The fraction of sp³-hybridized carbons (Fsp3) is 0.300. The van der Waals surface area contributed by atoms with Crippen LogP contribution in [0.3, 0.4) is 0 Å². The Morgan fingerprint density at radius 1 is 0.872 bits per heavy atom. The topological polar surface area (TPSA) is 60.9 Å². The number of sulfone groups is 1. The van der Waals surface area contributed by atoms with Gasteiger partial charge in [-0.1, -0.05) is 59.6 Å². The minimum absolute atomic E-state index is 0.0282. The molecule has 2 aliphatic heterocycles. The number of piperazine rings is 1. The highest BCUT2D eigenvalue weighted by atomic mass is 35.5. The first-order chi connectivity index (χ1) is 18.7. The van der Waals surface area contributed by atoms with Crippen LogP contribution in [-0.2, 0) is 20.4 Å². The van der Waals surface area contributed by atoms with Crippen molar-refractivity contribution in [1.82, 2.24) is 9.80 Å². The van der Waals surface area contributed by atoms with E-state index >= 15 is 0 Å². The molecule has 2 aliphatic rings. The fourth-order valence-electron chi connectivity index (χ4n) is 5.29. The van der Waals surface area contributed by atoms with Crippen molar-refractivity contribution in [2.75, 3.05) is 44.2 Å². The number of hydrogen-bond donors (Lipinski definition) is 0. The van der Waals surface area contributed by atoms with Crippen LogP contribution in [0.2, 0.25) is 10.0 Å². The highest BCUT2D eigenvalue weighted by Crippen LogP contribution is 2.35. The molecule has 0 unspecified atom stereocenters. The summed E-state index contributed by atoms with van der Waals surface area (Å²) in [6.07, 6.45) is 0. The van der Waals surface area contributed by atoms with Crippen LogP contribution in [-0.4, -0.2) is 63.4 Å². The van der Waals surface area contributed by atoms with Crippen LogP contribution >= 0.6 is 23.2 Å². The maximum absolute atomic E-state index is 13.1. The van der Waals surface area contributed by atoms with E-state index in [4.69, 9.17) is 23.2 Å². The molecule has 0 aromatic heterocycles. The van der Waals surface area contributed by atoms with E-state index < -0.39 is 9.84 Å². The lowest BCUT2D eigenvalue weighted by Gasteiger charge is -2.41. The van der Waals surface area contributed by atoms with Gasteiger partial charge in [-0.3, -0.25) is 9.69 Å². The van der Waals surface area contributed by atoms with Crippen LogP contribution in [0, 0.1) is 0 Å². The monoisotopic (exact) mass is 583 g/mol. The largest absolute Gasteiger partial charge is 0.368 e. The fourth-order valence-corrected chi connectivity index (χ4v) is 6.92. The summed E-state index contributed by atoms with van der Waals surface area (Å²) in [4.78, 5) is 17.9. The maximum atomic E-state index is 13.1. The molecule has 0 bridgehead atoms. The average molecular weight is 585 g/mol. The molecule has 5 rings (SSSR count). The van der Waals surface area contributed by atoms with Gasteiger partial charge in [-0.15, -0.1) is 0 Å². The van der Waals surface area contributed by atoms with Gasteiger partial charge in [-0.25, -0.2) is 8.42 Å². The zero-order valence-corrected chi connectivity index (χ0v) is 24.1. The number of nitrogens with zero attached hydrogens (tertiary/aromatic N) is 3. The van der Waals surface area contributed by atoms with E-state index in [-0.39, 0.29) is 17.7 Å². The zero-order chi connectivity index (χ0) is 27.6. The van der Waals surface area contributed by atoms with Crippen molar-refractivity contribution in [2.24, 2.45) is 0 Å². The Balaban J connectivity index is 1.26. The normalized spacial score (nSPS) is 16.4. The van der Waals surface area contributed by atoms with Crippen LogP contribution in [0.5, 0.6) is 0 Å². The van der Waals surface area contributed by atoms with Crippen molar-refractivity contribution < 1.29 is 13.2 Å². The summed E-state index contributed by atoms with van der Waals surface area (Å²) in [5, 5.41) is 2.79. The predicted molar refractivity (Wildman–Crippen MR) is 158 cm³/mol. The first-order valence-corrected chi connectivity index (χ1v) is 15.4. The maximum Gasteiger partial charge on any atom is 0.219 e. The number of hydrogen-bond acceptors (Lipinski definition) is 5. The third-order valence-electron chi connectivity index (χ3n) is 7.26. The van der Waals surface area contributed by atoms with Crippen LogP contribution in [0.25, 0.3) is 0 Å². The lowest BCUT2D eigenvalue weighted by molar-refractivity contribution is -0.129. The van der Waals surface area contributed by atoms with E-state index in [2.05, 4.69) is 9.80 Å². The van der Waals surface area contributed by atoms with Gasteiger partial charge in [-0.2, -0.15) is 0 Å². The van der Waals surface area contributed by atoms with Crippen LogP contribution in [0.4, 0.5) is 5.69 Å². The molecular weight excluding hydrogens is 553 g/mol. The highest BCUT2D eigenvalue weighted by Gasteiger charge is 2.31. The molecule has 3 aromatic rings. The number of benzene rings is 3. The van der Waals surface area contributed by atoms with E-state index in [1.54, 1.807) is 6.92 Å². The van der Waals surface area contributed by atoms with Gasteiger partial charge in [-0.05, 0) is 58.7 Å². The molecule has 9 heteroatoms. The second kappa shape index (κ2) is 11.7. The summed E-state index contributed by atoms with van der Waals surface area (Å²) in [6, 6.07) is 23.2. The van der Waals surface area contributed by atoms with E-state index in [9.17, 15) is 13.2 Å². The average Bonchev–Trinajstić information content (AvgIpc) is 2.89. The lowest BCUT2D eigenvalue weighted by Crippen LogP contribution is -2.48. The summed E-state index contributed by atoms with van der Waals surface area (Å²) >= 11 is 12.2. The first-order valence-electron chi connectivity index (χ1n) is 12.9. The van der Waals surface area contributed by atoms with Gasteiger partial charge >= 0.3 is 0 Å². The van der Waals surface area contributed by atoms with Crippen LogP contribution < -0.4 is 4.90 Å². The summed E-state index contributed by atoms with van der Waals surface area (Å²) in [5.41, 5.74) is 4.81. The van der Waals surface area contributed by atoms with Crippen molar-refractivity contribution in [3.8, 4) is 0 Å². The van der Waals surface area contributed by atoms with Crippen LogP contribution in [0.15, 0.2) is 83.8 Å².